The molecule has 0 saturated heterocycles. The van der Waals surface area contributed by atoms with Gasteiger partial charge >= 0.3 is 0 Å². The predicted molar refractivity (Wildman–Crippen MR) is 61.6 cm³/mol. The Hall–Kier alpha value is -0.450. The summed E-state index contributed by atoms with van der Waals surface area (Å²) < 4.78 is 0. The summed E-state index contributed by atoms with van der Waals surface area (Å²) in [6.07, 6.45) is 1.86. The van der Waals surface area contributed by atoms with E-state index in [4.69, 9.17) is 0 Å². The molecule has 4 heteroatoms. The largest absolute Gasteiger partial charge is 0.313 e. The Bertz CT molecular complexity index is 234. The van der Waals surface area contributed by atoms with Crippen molar-refractivity contribution in [1.82, 2.24) is 15.2 Å². The van der Waals surface area contributed by atoms with E-state index >= 15 is 0 Å². The van der Waals surface area contributed by atoms with Crippen LogP contribution in [0.3, 0.4) is 0 Å². The smallest absolute Gasteiger partial charge is 0.107 e. The fourth-order valence-electron chi connectivity index (χ4n) is 1.19. The predicted octanol–water partition coefficient (Wildman–Crippen LogP) is 1.57. The number of hydrogen-bond acceptors (Lipinski definition) is 4. The van der Waals surface area contributed by atoms with Crippen molar-refractivity contribution < 1.29 is 0 Å². The fraction of sp³-hybridized carbons (Fsp3) is 0.700. The molecular formula is C10H19N3S. The number of hydrogen-bond donors (Lipinski definition) is 1. The van der Waals surface area contributed by atoms with E-state index in [-0.39, 0.29) is 0 Å². The number of nitrogens with one attached hydrogen (secondary N) is 1. The molecule has 0 atom stereocenters. The van der Waals surface area contributed by atoms with Crippen LogP contribution in [0, 0.1) is 0 Å². The number of nitrogens with zero attached hydrogens (tertiary/aromatic N) is 2. The SMILES string of the molecule is CC(C)NCCN(C)Cc1nccs1. The number of likely N-dealkylation sites (N-methyl/N-ethyl adjacent to an activating group) is 1. The van der Waals surface area contributed by atoms with Crippen LogP contribution in [0.2, 0.25) is 0 Å². The van der Waals surface area contributed by atoms with Gasteiger partial charge in [-0.1, -0.05) is 13.8 Å². The Labute approximate surface area is 90.2 Å². The number of thiazole rings is 1. The average molecular weight is 213 g/mol. The quantitative estimate of drug-likeness (QED) is 0.777. The Balaban J connectivity index is 2.13. The molecular weight excluding hydrogens is 194 g/mol. The molecule has 1 heterocycles. The second-order valence-corrected chi connectivity index (χ2v) is 4.75. The zero-order chi connectivity index (χ0) is 10.4. The molecule has 0 bridgehead atoms. The van der Waals surface area contributed by atoms with Crippen LogP contribution in [0.25, 0.3) is 0 Å². The van der Waals surface area contributed by atoms with Gasteiger partial charge in [0.25, 0.3) is 0 Å². The van der Waals surface area contributed by atoms with E-state index in [0.717, 1.165) is 19.6 Å². The molecule has 1 N–H and O–H groups in total. The molecule has 0 unspecified atom stereocenters. The van der Waals surface area contributed by atoms with Crippen molar-refractivity contribution >= 4 is 11.3 Å². The number of aromatic nitrogens is 1. The van der Waals surface area contributed by atoms with E-state index in [1.165, 1.54) is 5.01 Å². The molecule has 80 valence electrons. The van der Waals surface area contributed by atoms with Crippen LogP contribution in [0.4, 0.5) is 0 Å². The molecule has 1 aromatic heterocycles. The minimum absolute atomic E-state index is 0.572. The van der Waals surface area contributed by atoms with Gasteiger partial charge in [-0.3, -0.25) is 4.90 Å². The standard InChI is InChI=1S/C10H19N3S/c1-9(2)11-4-6-13(3)8-10-12-5-7-14-10/h5,7,9,11H,4,6,8H2,1-3H3. The van der Waals surface area contributed by atoms with Crippen molar-refractivity contribution in [2.75, 3.05) is 20.1 Å². The summed E-state index contributed by atoms with van der Waals surface area (Å²) in [7, 11) is 2.13. The maximum atomic E-state index is 4.26. The first-order valence-electron chi connectivity index (χ1n) is 4.99. The average Bonchev–Trinajstić information content (AvgIpc) is 2.56. The van der Waals surface area contributed by atoms with Crippen molar-refractivity contribution in [2.45, 2.75) is 26.4 Å². The van der Waals surface area contributed by atoms with E-state index < -0.39 is 0 Å². The second-order valence-electron chi connectivity index (χ2n) is 3.77. The van der Waals surface area contributed by atoms with Gasteiger partial charge in [0.15, 0.2) is 0 Å². The van der Waals surface area contributed by atoms with E-state index in [1.807, 2.05) is 11.6 Å². The second kappa shape index (κ2) is 6.11. The molecule has 1 aromatic rings. The highest BCUT2D eigenvalue weighted by atomic mass is 32.1. The number of rotatable bonds is 6. The highest BCUT2D eigenvalue weighted by Gasteiger charge is 2.01. The van der Waals surface area contributed by atoms with Gasteiger partial charge in [0.05, 0.1) is 6.54 Å². The van der Waals surface area contributed by atoms with E-state index in [0.29, 0.717) is 6.04 Å². The minimum Gasteiger partial charge on any atom is -0.313 e. The normalized spacial score (nSPS) is 11.5. The molecule has 0 spiro atoms. The lowest BCUT2D eigenvalue weighted by molar-refractivity contribution is 0.319. The third-order valence-corrected chi connectivity index (χ3v) is 2.70. The van der Waals surface area contributed by atoms with Gasteiger partial charge in [0.2, 0.25) is 0 Å². The molecule has 0 aliphatic heterocycles. The molecule has 0 saturated carbocycles. The first-order chi connectivity index (χ1) is 6.68. The Kier molecular flexibility index (Phi) is 5.07. The molecule has 0 aliphatic carbocycles. The topological polar surface area (TPSA) is 28.2 Å². The lowest BCUT2D eigenvalue weighted by atomic mass is 10.4. The van der Waals surface area contributed by atoms with Gasteiger partial charge in [-0.25, -0.2) is 4.98 Å². The first-order valence-corrected chi connectivity index (χ1v) is 5.86. The summed E-state index contributed by atoms with van der Waals surface area (Å²) in [6.45, 7) is 7.40. The zero-order valence-corrected chi connectivity index (χ0v) is 9.97. The third kappa shape index (κ3) is 4.69. The highest BCUT2D eigenvalue weighted by Crippen LogP contribution is 2.05. The lowest BCUT2D eigenvalue weighted by Crippen LogP contribution is -2.32. The van der Waals surface area contributed by atoms with Gasteiger partial charge in [0.1, 0.15) is 5.01 Å². The van der Waals surface area contributed by atoms with Crippen LogP contribution in [0.5, 0.6) is 0 Å². The Morgan fingerprint density at radius 2 is 2.36 bits per heavy atom. The van der Waals surface area contributed by atoms with Crippen molar-refractivity contribution in [3.63, 3.8) is 0 Å². The molecule has 14 heavy (non-hydrogen) atoms. The van der Waals surface area contributed by atoms with Gasteiger partial charge in [-0.15, -0.1) is 11.3 Å². The lowest BCUT2D eigenvalue weighted by Gasteiger charge is -2.16. The molecule has 3 nitrogen and oxygen atoms in total. The van der Waals surface area contributed by atoms with Gasteiger partial charge in [-0.2, -0.15) is 0 Å². The van der Waals surface area contributed by atoms with E-state index in [1.54, 1.807) is 11.3 Å². The molecule has 1 rings (SSSR count). The van der Waals surface area contributed by atoms with Crippen molar-refractivity contribution in [2.24, 2.45) is 0 Å². The van der Waals surface area contributed by atoms with Crippen LogP contribution < -0.4 is 5.32 Å². The summed E-state index contributed by atoms with van der Waals surface area (Å²) in [4.78, 5) is 6.54. The van der Waals surface area contributed by atoms with Crippen LogP contribution in [0.1, 0.15) is 18.9 Å². The summed E-state index contributed by atoms with van der Waals surface area (Å²) in [5.74, 6) is 0. The van der Waals surface area contributed by atoms with Gasteiger partial charge in [0, 0.05) is 30.7 Å². The monoisotopic (exact) mass is 213 g/mol. The first kappa shape index (κ1) is 11.6. The van der Waals surface area contributed by atoms with Crippen LogP contribution in [-0.2, 0) is 6.54 Å². The zero-order valence-electron chi connectivity index (χ0n) is 9.16. The molecule has 0 aromatic carbocycles. The third-order valence-electron chi connectivity index (χ3n) is 1.93. The summed E-state index contributed by atoms with van der Waals surface area (Å²) in [5, 5.41) is 6.61. The van der Waals surface area contributed by atoms with Gasteiger partial charge < -0.3 is 5.32 Å². The summed E-state index contributed by atoms with van der Waals surface area (Å²) in [6, 6.07) is 0.572. The Morgan fingerprint density at radius 3 is 2.93 bits per heavy atom. The van der Waals surface area contributed by atoms with E-state index in [9.17, 15) is 0 Å². The molecule has 0 amide bonds. The maximum absolute atomic E-state index is 4.26. The summed E-state index contributed by atoms with van der Waals surface area (Å²) in [5.41, 5.74) is 0. The fourth-order valence-corrected chi connectivity index (χ4v) is 1.88. The molecule has 0 fully saturated rings. The van der Waals surface area contributed by atoms with E-state index in [2.05, 4.69) is 36.1 Å². The van der Waals surface area contributed by atoms with Crippen molar-refractivity contribution in [1.29, 1.82) is 0 Å². The highest BCUT2D eigenvalue weighted by molar-refractivity contribution is 7.09. The minimum atomic E-state index is 0.572. The van der Waals surface area contributed by atoms with Crippen LogP contribution in [-0.4, -0.2) is 36.1 Å². The molecule has 0 radical (unpaired) electrons. The molecule has 0 aliphatic rings. The summed E-state index contributed by atoms with van der Waals surface area (Å²) >= 11 is 1.72. The van der Waals surface area contributed by atoms with Crippen molar-refractivity contribution in [3.8, 4) is 0 Å². The van der Waals surface area contributed by atoms with Crippen LogP contribution in [0.15, 0.2) is 11.6 Å². The Morgan fingerprint density at radius 1 is 1.57 bits per heavy atom. The van der Waals surface area contributed by atoms with Crippen molar-refractivity contribution in [3.05, 3.63) is 16.6 Å². The van der Waals surface area contributed by atoms with Gasteiger partial charge in [-0.05, 0) is 7.05 Å². The maximum Gasteiger partial charge on any atom is 0.107 e. The van der Waals surface area contributed by atoms with Crippen LogP contribution >= 0.6 is 11.3 Å².